The Kier molecular flexibility index (Phi) is 5.32. The van der Waals surface area contributed by atoms with E-state index in [1.807, 2.05) is 50.2 Å². The maximum absolute atomic E-state index is 12.1. The first-order valence-electron chi connectivity index (χ1n) is 8.50. The molecule has 0 aliphatic carbocycles. The van der Waals surface area contributed by atoms with E-state index in [0.29, 0.717) is 25.1 Å². The van der Waals surface area contributed by atoms with Crippen molar-refractivity contribution in [2.75, 3.05) is 17.2 Å². The molecule has 0 radical (unpaired) electrons. The van der Waals surface area contributed by atoms with E-state index in [4.69, 9.17) is 4.74 Å². The van der Waals surface area contributed by atoms with Crippen LogP contribution in [0.5, 0.6) is 5.75 Å². The molecule has 3 rings (SSSR count). The Morgan fingerprint density at radius 1 is 1.19 bits per heavy atom. The number of rotatable bonds is 6. The molecule has 0 saturated carbocycles. The van der Waals surface area contributed by atoms with Gasteiger partial charge in [-0.05, 0) is 68.3 Å². The van der Waals surface area contributed by atoms with Gasteiger partial charge in [-0.2, -0.15) is 0 Å². The van der Waals surface area contributed by atoms with Crippen molar-refractivity contribution < 1.29 is 14.3 Å². The molecule has 0 unspecified atom stereocenters. The minimum absolute atomic E-state index is 0.0268. The Labute approximate surface area is 161 Å². The Balaban J connectivity index is 1.49. The van der Waals surface area contributed by atoms with Crippen LogP contribution in [-0.2, 0) is 15.0 Å². The molecule has 1 aliphatic heterocycles. The number of carbonyl (C=O) groups excluding carboxylic acids is 2. The molecule has 2 aromatic carbocycles. The lowest BCUT2D eigenvalue weighted by atomic mass is 9.86. The van der Waals surface area contributed by atoms with Crippen LogP contribution in [0.15, 0.2) is 46.9 Å². The lowest BCUT2D eigenvalue weighted by molar-refractivity contribution is -0.119. The van der Waals surface area contributed by atoms with Crippen LogP contribution in [0.25, 0.3) is 0 Å². The Morgan fingerprint density at radius 3 is 2.65 bits per heavy atom. The average molecular weight is 417 g/mol. The van der Waals surface area contributed by atoms with E-state index < -0.39 is 5.41 Å². The number of amides is 2. The first-order chi connectivity index (χ1) is 12.4. The maximum atomic E-state index is 12.1. The summed E-state index contributed by atoms with van der Waals surface area (Å²) in [5.41, 5.74) is 1.82. The molecule has 0 spiro atoms. The highest BCUT2D eigenvalue weighted by molar-refractivity contribution is 9.10. The van der Waals surface area contributed by atoms with Crippen molar-refractivity contribution in [1.29, 1.82) is 0 Å². The molecule has 2 amide bonds. The number of hydrogen-bond acceptors (Lipinski definition) is 3. The number of benzene rings is 2. The highest BCUT2D eigenvalue weighted by atomic mass is 79.9. The minimum Gasteiger partial charge on any atom is -0.494 e. The largest absolute Gasteiger partial charge is 0.494 e. The van der Waals surface area contributed by atoms with Crippen molar-refractivity contribution in [3.8, 4) is 5.75 Å². The normalized spacial score (nSPS) is 14.5. The number of carbonyl (C=O) groups is 2. The zero-order chi connectivity index (χ0) is 18.7. The average Bonchev–Trinajstić information content (AvgIpc) is 2.83. The molecule has 2 N–H and O–H groups in total. The molecule has 0 aromatic heterocycles. The van der Waals surface area contributed by atoms with E-state index in [9.17, 15) is 9.59 Å². The second-order valence-electron chi connectivity index (χ2n) is 6.79. The van der Waals surface area contributed by atoms with Crippen molar-refractivity contribution in [3.05, 3.63) is 52.5 Å². The van der Waals surface area contributed by atoms with Crippen molar-refractivity contribution in [3.63, 3.8) is 0 Å². The summed E-state index contributed by atoms with van der Waals surface area (Å²) in [5, 5.41) is 5.75. The smallest absolute Gasteiger partial charge is 0.234 e. The number of halogens is 1. The summed E-state index contributed by atoms with van der Waals surface area (Å²) >= 11 is 3.38. The first-order valence-corrected chi connectivity index (χ1v) is 9.30. The summed E-state index contributed by atoms with van der Waals surface area (Å²) in [7, 11) is 0. The second kappa shape index (κ2) is 7.50. The third-order valence-corrected chi connectivity index (χ3v) is 4.95. The molecule has 136 valence electrons. The van der Waals surface area contributed by atoms with Crippen LogP contribution in [-0.4, -0.2) is 18.4 Å². The number of nitrogens with one attached hydrogen (secondary N) is 2. The molecule has 1 aliphatic rings. The van der Waals surface area contributed by atoms with E-state index in [1.54, 1.807) is 6.07 Å². The first kappa shape index (κ1) is 18.5. The molecule has 26 heavy (non-hydrogen) atoms. The molecule has 2 aromatic rings. The van der Waals surface area contributed by atoms with Gasteiger partial charge in [-0.3, -0.25) is 9.59 Å². The summed E-state index contributed by atoms with van der Waals surface area (Å²) in [6.07, 6.45) is 0.993. The number of hydrogen-bond donors (Lipinski definition) is 2. The molecular formula is C20H21BrN2O3. The van der Waals surface area contributed by atoms with Crippen LogP contribution >= 0.6 is 15.9 Å². The number of ether oxygens (including phenoxy) is 1. The molecule has 0 fully saturated rings. The third-order valence-electron chi connectivity index (χ3n) is 4.42. The molecule has 5 nitrogen and oxygen atoms in total. The van der Waals surface area contributed by atoms with Crippen molar-refractivity contribution in [2.45, 2.75) is 32.1 Å². The van der Waals surface area contributed by atoms with E-state index in [0.717, 1.165) is 21.5 Å². The van der Waals surface area contributed by atoms with Crippen LogP contribution in [0.1, 0.15) is 32.3 Å². The predicted molar refractivity (Wildman–Crippen MR) is 106 cm³/mol. The highest BCUT2D eigenvalue weighted by Crippen LogP contribution is 2.38. The van der Waals surface area contributed by atoms with Gasteiger partial charge in [0.05, 0.1) is 12.0 Å². The number of anilines is 2. The van der Waals surface area contributed by atoms with Gasteiger partial charge >= 0.3 is 0 Å². The Hall–Kier alpha value is -2.34. The van der Waals surface area contributed by atoms with Crippen molar-refractivity contribution >= 4 is 39.1 Å². The molecule has 0 bridgehead atoms. The highest BCUT2D eigenvalue weighted by Gasteiger charge is 2.38. The molecule has 6 heteroatoms. The second-order valence-corrected chi connectivity index (χ2v) is 7.71. The van der Waals surface area contributed by atoms with E-state index in [2.05, 4.69) is 26.6 Å². The van der Waals surface area contributed by atoms with Gasteiger partial charge in [-0.1, -0.05) is 15.9 Å². The SMILES string of the molecule is CC1(C)C(=O)Nc2ccc(NC(=O)CCCOc3ccc(Br)cc3)cc21. The molecule has 0 atom stereocenters. The van der Waals surface area contributed by atoms with Gasteiger partial charge in [-0.25, -0.2) is 0 Å². The van der Waals surface area contributed by atoms with Gasteiger partial charge in [0.15, 0.2) is 0 Å². The fourth-order valence-corrected chi connectivity index (χ4v) is 3.09. The van der Waals surface area contributed by atoms with Crippen LogP contribution in [0.3, 0.4) is 0 Å². The monoisotopic (exact) mass is 416 g/mol. The van der Waals surface area contributed by atoms with E-state index in [-0.39, 0.29) is 11.8 Å². The van der Waals surface area contributed by atoms with Crippen LogP contribution in [0, 0.1) is 0 Å². The third kappa shape index (κ3) is 4.07. The van der Waals surface area contributed by atoms with E-state index >= 15 is 0 Å². The van der Waals surface area contributed by atoms with Crippen molar-refractivity contribution in [1.82, 2.24) is 0 Å². The zero-order valence-corrected chi connectivity index (χ0v) is 16.4. The molecular weight excluding hydrogens is 396 g/mol. The summed E-state index contributed by atoms with van der Waals surface area (Å²) in [4.78, 5) is 24.1. The lowest BCUT2D eigenvalue weighted by Gasteiger charge is -2.16. The van der Waals surface area contributed by atoms with Gasteiger partial charge < -0.3 is 15.4 Å². The quantitative estimate of drug-likeness (QED) is 0.682. The molecule has 0 saturated heterocycles. The summed E-state index contributed by atoms with van der Waals surface area (Å²) < 4.78 is 6.61. The summed E-state index contributed by atoms with van der Waals surface area (Å²) in [6, 6.07) is 13.1. The summed E-state index contributed by atoms with van der Waals surface area (Å²) in [6.45, 7) is 4.23. The minimum atomic E-state index is -0.589. The lowest BCUT2D eigenvalue weighted by Crippen LogP contribution is -2.26. The van der Waals surface area contributed by atoms with Crippen molar-refractivity contribution in [2.24, 2.45) is 0 Å². The predicted octanol–water partition coefficient (Wildman–Crippen LogP) is 4.48. The van der Waals surface area contributed by atoms with Gasteiger partial charge in [-0.15, -0.1) is 0 Å². The Morgan fingerprint density at radius 2 is 1.92 bits per heavy atom. The van der Waals surface area contributed by atoms with Gasteiger partial charge in [0.2, 0.25) is 11.8 Å². The van der Waals surface area contributed by atoms with E-state index in [1.165, 1.54) is 0 Å². The zero-order valence-electron chi connectivity index (χ0n) is 14.8. The van der Waals surface area contributed by atoms with Gasteiger partial charge in [0.1, 0.15) is 5.75 Å². The van der Waals surface area contributed by atoms with Gasteiger partial charge in [0.25, 0.3) is 0 Å². The Bertz CT molecular complexity index is 831. The molecule has 1 heterocycles. The fourth-order valence-electron chi connectivity index (χ4n) is 2.83. The van der Waals surface area contributed by atoms with Crippen LogP contribution < -0.4 is 15.4 Å². The van der Waals surface area contributed by atoms with Crippen LogP contribution in [0.4, 0.5) is 11.4 Å². The standard InChI is InChI=1S/C20H21BrN2O3/c1-20(2)16-12-14(7-10-17(16)23-19(20)25)22-18(24)4-3-11-26-15-8-5-13(21)6-9-15/h5-10,12H,3-4,11H2,1-2H3,(H,22,24)(H,23,25). The van der Waals surface area contributed by atoms with Crippen LogP contribution in [0.2, 0.25) is 0 Å². The summed E-state index contributed by atoms with van der Waals surface area (Å²) in [5.74, 6) is 0.687. The topological polar surface area (TPSA) is 67.4 Å². The fraction of sp³-hybridized carbons (Fsp3) is 0.300. The maximum Gasteiger partial charge on any atom is 0.234 e. The van der Waals surface area contributed by atoms with Gasteiger partial charge in [0, 0.05) is 22.3 Å². The number of fused-ring (bicyclic) bond motifs is 1.